The first kappa shape index (κ1) is 107. The number of benzene rings is 2. The molecule has 0 aliphatic heterocycles. The molecule has 0 spiro atoms. The Balaban J connectivity index is 0.000000158. The molecule has 13 aromatic heterocycles. The number of carbonyl (C=O) groups excluding carboxylic acids is 1. The second-order valence-corrected chi connectivity index (χ2v) is 43.8. The van der Waals surface area contributed by atoms with Crippen LogP contribution in [0.2, 0.25) is 25.8 Å². The van der Waals surface area contributed by atoms with Crippen LogP contribution in [0.3, 0.4) is 0 Å². The molecule has 1 saturated carbocycles. The number of ether oxygens (including phenoxy) is 1. The van der Waals surface area contributed by atoms with E-state index >= 15 is 0 Å². The van der Waals surface area contributed by atoms with E-state index in [1.165, 1.54) is 37.5 Å². The number of esters is 1. The Morgan fingerprint density at radius 2 is 0.863 bits per heavy atom. The number of nitrogens with zero attached hydrogens (tertiary/aromatic N) is 19. The van der Waals surface area contributed by atoms with E-state index in [2.05, 4.69) is 128 Å². The maximum absolute atomic E-state index is 13.9. The molecule has 51 heteroatoms. The minimum atomic E-state index is -3.41. The first-order valence-corrected chi connectivity index (χ1v) is 51.4. The van der Waals surface area contributed by atoms with Gasteiger partial charge >= 0.3 is 11.9 Å². The number of fused-ring (bicyclic) bond motifs is 8. The van der Waals surface area contributed by atoms with Gasteiger partial charge < -0.3 is 25.8 Å². The highest BCUT2D eigenvalue weighted by Crippen LogP contribution is 2.68. The molecule has 0 bridgehead atoms. The fourth-order valence-corrected chi connectivity index (χ4v) is 18.9. The van der Waals surface area contributed by atoms with Crippen LogP contribution in [0.25, 0.3) is 50.5 Å². The summed E-state index contributed by atoms with van der Waals surface area (Å²) in [5.41, 5.74) is 9.25. The molecule has 0 unspecified atom stereocenters. The summed E-state index contributed by atoms with van der Waals surface area (Å²) in [5, 5.41) is 73.5. The zero-order valence-electron chi connectivity index (χ0n) is 74.2. The Bertz CT molecular complexity index is 7530. The fourth-order valence-electron chi connectivity index (χ4n) is 14.6. The van der Waals surface area contributed by atoms with Gasteiger partial charge in [-0.3, -0.25) is 36.3 Å². The number of alkyl halides is 4. The molecule has 13 heterocycles. The van der Waals surface area contributed by atoms with Crippen LogP contribution in [0.15, 0.2) is 135 Å². The summed E-state index contributed by atoms with van der Waals surface area (Å²) in [7, 11) is -9.99. The van der Waals surface area contributed by atoms with Crippen LogP contribution >= 0.6 is 106 Å². The molecule has 2 aliphatic rings. The second-order valence-electron chi connectivity index (χ2n) is 32.9. The topological polar surface area (TPSA) is 427 Å². The minimum absolute atomic E-state index is 0.0468. The van der Waals surface area contributed by atoms with Crippen LogP contribution in [-0.2, 0) is 92.8 Å². The molecular formula is C88H78Br3Cl5F8N20O12S3. The molecule has 732 valence electrons. The zero-order valence-corrected chi connectivity index (χ0v) is 85.1. The van der Waals surface area contributed by atoms with Gasteiger partial charge in [-0.2, -0.15) is 13.9 Å². The molecule has 4 atom stereocenters. The van der Waals surface area contributed by atoms with E-state index in [-0.39, 0.29) is 94.2 Å². The van der Waals surface area contributed by atoms with Crippen LogP contribution < -0.4 is 5.73 Å². The number of nitrogen functional groups attached to an aromatic ring is 1. The van der Waals surface area contributed by atoms with Gasteiger partial charge in [0.15, 0.2) is 75.2 Å². The van der Waals surface area contributed by atoms with E-state index in [1.807, 2.05) is 13.8 Å². The van der Waals surface area contributed by atoms with E-state index in [0.717, 1.165) is 39.8 Å². The van der Waals surface area contributed by atoms with Crippen molar-refractivity contribution in [2.24, 2.45) is 5.92 Å². The number of nitrogens with two attached hydrogens (primary N) is 1. The van der Waals surface area contributed by atoms with Gasteiger partial charge in [-0.1, -0.05) is 83.7 Å². The lowest BCUT2D eigenvalue weighted by molar-refractivity contribution is -0.142. The molecule has 0 radical (unpaired) electrons. The molecule has 0 saturated heterocycles. The highest BCUT2D eigenvalue weighted by atomic mass is 79.9. The number of hydrogen-bond acceptors (Lipinski definition) is 25. The fraction of sp³-hybridized carbons (Fsp3) is 0.307. The summed E-state index contributed by atoms with van der Waals surface area (Å²) in [6, 6.07) is 30.7. The lowest BCUT2D eigenvalue weighted by atomic mass is 9.91. The van der Waals surface area contributed by atoms with Crippen molar-refractivity contribution in [2.75, 3.05) is 31.1 Å². The minimum Gasteiger partial charge on any atom is -0.480 e. The van der Waals surface area contributed by atoms with Crippen molar-refractivity contribution in [3.63, 3.8) is 0 Å². The molecular weight excluding hydrogens is 2190 g/mol. The van der Waals surface area contributed by atoms with Crippen molar-refractivity contribution < 1.29 is 90.0 Å². The number of rotatable bonds is 20. The van der Waals surface area contributed by atoms with Crippen LogP contribution in [-0.4, -0.2) is 182 Å². The average Bonchev–Trinajstić information content (AvgIpc) is 1.51. The Labute approximate surface area is 837 Å². The number of aliphatic carboxylic acids is 1. The maximum atomic E-state index is 13.9. The number of halogens is 16. The second kappa shape index (κ2) is 43.2. The number of pyridine rings is 7. The van der Waals surface area contributed by atoms with Crippen molar-refractivity contribution in [3.05, 3.63) is 258 Å². The third-order valence-electron chi connectivity index (χ3n) is 20.2. The predicted molar refractivity (Wildman–Crippen MR) is 513 cm³/mol. The highest BCUT2D eigenvalue weighted by molar-refractivity contribution is 9.11. The third kappa shape index (κ3) is 26.6. The van der Waals surface area contributed by atoms with Gasteiger partial charge in [0.1, 0.15) is 119 Å². The number of sulfone groups is 3. The van der Waals surface area contributed by atoms with Crippen molar-refractivity contribution in [1.29, 1.82) is 0 Å². The number of carboxylic acid groups (broad SMARTS) is 1. The largest absolute Gasteiger partial charge is 0.480 e. The molecule has 5 N–H and O–H groups in total. The number of aromatic nitrogens is 19. The zero-order chi connectivity index (χ0) is 102. The number of carboxylic acids is 1. The van der Waals surface area contributed by atoms with Gasteiger partial charge in [-0.15, -0.1) is 51.0 Å². The summed E-state index contributed by atoms with van der Waals surface area (Å²) < 4.78 is 194. The van der Waals surface area contributed by atoms with Crippen LogP contribution in [0.1, 0.15) is 153 Å². The summed E-state index contributed by atoms with van der Waals surface area (Å²) in [6.07, 6.45) is 1.11. The molecule has 139 heavy (non-hydrogen) atoms. The van der Waals surface area contributed by atoms with Crippen LogP contribution in [0, 0.1) is 52.9 Å². The SMILES string of the molecule is CCOC(=O)Cc1nnc2c(Br)ccc(Cl)n12.CS(=O)(=O)Cc1nnc2c(Br)ccc(Cl)n12.C[C@@H](Cc1cc(F)cc(F)c1)c1nc(C#CC(C)(C)O)ccc1-c1ccc(Cl)n2c(CS(C)(=O)=O)nnc12.C[C@@H](Cc1cc(F)cc(F)c1)c1nc(C#CC(C)(C)O)ccc1-c1ccc(Cl)n2c(CS(C)(=O)=O)nnc12.Nc1nnc2c(Br)ccc(Cl)n12.O=C(O)Cn1nc(C(F)F)c2c1C(F)(F)[C@@H]1C[C@H]21. The summed E-state index contributed by atoms with van der Waals surface area (Å²) in [5.74, 6) is 1.78. The number of hydrogen-bond donors (Lipinski definition) is 4. The molecule has 17 rings (SSSR count). The monoisotopic (exact) mass is 2270 g/mol. The smallest absolute Gasteiger partial charge is 0.325 e. The van der Waals surface area contributed by atoms with Gasteiger partial charge in [-0.05, 0) is 240 Å². The number of anilines is 1. The van der Waals surface area contributed by atoms with E-state index < -0.39 is 112 Å². The molecule has 32 nitrogen and oxygen atoms in total. The standard InChI is InChI=1S/2C27H25ClF2N4O3S.C10H9BrClN3O2.C10H8F4N2O2.C8H7BrClN3O2S.C6H4BrClN4/c2*1-16(11-17-12-18(29)14-19(30)13-17)25-21(6-5-20(31-25)9-10-27(2,3)35)22-7-8-23(28)34-24(15-38(4,36)37)32-33-26(22)34;1-2-17-9(16)5-8-13-14-10-6(11)3-4-7(12)15(8)10;11-9(12)7-6-3-1-4(3)10(13,14)8(6)16(15-7)2-5(17)18;1-16(14,15)4-7-11-12-8-5(9)2-3-6(10)13(7)8;7-3-1-2-4(8)12-5(3)10-11-6(12)9/h2*5-8,12-14,16,35H,11,15H2,1-4H3;3-4H,2,5H2,1H3;3-4,9H,1-2H2,(H,17,18);2-3H,4H2,1H3;1-2H,(H2,9,11)/t2*16-;;3-,4+;;/m00.0../s1. The van der Waals surface area contributed by atoms with Crippen LogP contribution in [0.5, 0.6) is 0 Å². The van der Waals surface area contributed by atoms with Crippen molar-refractivity contribution >= 4 is 181 Å². The Hall–Kier alpha value is -11.0. The first-order chi connectivity index (χ1) is 64.9. The van der Waals surface area contributed by atoms with Gasteiger partial charge in [0, 0.05) is 76.5 Å². The molecule has 0 amide bonds. The first-order valence-electron chi connectivity index (χ1n) is 40.9. The lowest BCUT2D eigenvalue weighted by Crippen LogP contribution is -2.22. The van der Waals surface area contributed by atoms with E-state index in [1.54, 1.807) is 128 Å². The van der Waals surface area contributed by atoms with Gasteiger partial charge in [0.05, 0.1) is 31.4 Å². The summed E-state index contributed by atoms with van der Waals surface area (Å²) in [6.45, 7) is 11.2. The molecule has 1 fully saturated rings. The van der Waals surface area contributed by atoms with Gasteiger partial charge in [0.2, 0.25) is 5.95 Å². The predicted octanol–water partition coefficient (Wildman–Crippen LogP) is 17.3. The van der Waals surface area contributed by atoms with Gasteiger partial charge in [-0.25, -0.2) is 61.6 Å². The quantitative estimate of drug-likeness (QED) is 0.0238. The summed E-state index contributed by atoms with van der Waals surface area (Å²) >= 11 is 40.6. The molecule has 2 aliphatic carbocycles. The average molecular weight is 2270 g/mol. The number of aliphatic hydroxyl groups is 2. The Morgan fingerprint density at radius 3 is 1.23 bits per heavy atom. The van der Waals surface area contributed by atoms with Crippen molar-refractivity contribution in [3.8, 4) is 45.9 Å². The van der Waals surface area contributed by atoms with Gasteiger partial charge in [0.25, 0.3) is 12.3 Å². The van der Waals surface area contributed by atoms with Crippen molar-refractivity contribution in [2.45, 2.75) is 139 Å². The van der Waals surface area contributed by atoms with E-state index in [0.29, 0.717) is 127 Å². The molecule has 2 aromatic carbocycles. The Kier molecular flexibility index (Phi) is 33.2. The normalized spacial score (nSPS) is 14.2. The van der Waals surface area contributed by atoms with Crippen molar-refractivity contribution in [1.82, 2.24) is 92.7 Å². The number of carbonyl (C=O) groups is 2. The third-order valence-corrected chi connectivity index (χ3v) is 25.9. The maximum Gasteiger partial charge on any atom is 0.325 e. The lowest BCUT2D eigenvalue weighted by Gasteiger charge is -2.17. The highest BCUT2D eigenvalue weighted by Gasteiger charge is 2.67. The summed E-state index contributed by atoms with van der Waals surface area (Å²) in [4.78, 5) is 31.4. The van der Waals surface area contributed by atoms with E-state index in [4.69, 9.17) is 83.5 Å². The molecule has 15 aromatic rings. The van der Waals surface area contributed by atoms with Crippen LogP contribution in [0.4, 0.5) is 41.1 Å². The van der Waals surface area contributed by atoms with E-state index in [9.17, 15) is 80.2 Å². The Morgan fingerprint density at radius 1 is 0.518 bits per heavy atom.